The standard InChI is InChI=1S/C42H58O3/c1-25(2)32-21-28-12-14-36-39(6,27(5)43)16-10-17-40(36,7)34(28)23-30(32)20-31-24-35-29(22-33(31)26(3)4)13-15-37-41(35,8)18-11-19-42(37,9)38(44)45/h21-26,36-37H,10-20H2,1-9H3,(H,44,45). The quantitative estimate of drug-likeness (QED) is 0.354. The molecule has 6 unspecified atom stereocenters. The van der Waals surface area contributed by atoms with E-state index in [-0.39, 0.29) is 22.2 Å². The number of aryl methyl sites for hydroxylation is 2. The van der Waals surface area contributed by atoms with Gasteiger partial charge >= 0.3 is 5.97 Å². The van der Waals surface area contributed by atoms with Crippen LogP contribution >= 0.6 is 0 Å². The third-order valence-electron chi connectivity index (χ3n) is 14.1. The number of hydrogen-bond donors (Lipinski definition) is 1. The maximum atomic E-state index is 13.1. The molecule has 3 heteroatoms. The van der Waals surface area contributed by atoms with Crippen molar-refractivity contribution in [3.8, 4) is 0 Å². The lowest BCUT2D eigenvalue weighted by molar-refractivity contribution is -0.157. The first kappa shape index (κ1) is 32.5. The van der Waals surface area contributed by atoms with Crippen LogP contribution in [-0.4, -0.2) is 16.9 Å². The highest BCUT2D eigenvalue weighted by molar-refractivity contribution is 5.83. The third kappa shape index (κ3) is 4.88. The SMILES string of the molecule is CC(=O)C1(C)CCCC2(C)c3cc(Cc4cc5c(cc4C(C)C)CCC4C(C)(C(=O)O)CCCC54C)c(C(C)C)cc3CCC12. The summed E-state index contributed by atoms with van der Waals surface area (Å²) in [5.41, 5.74) is 10.7. The summed E-state index contributed by atoms with van der Waals surface area (Å²) >= 11 is 0. The Hall–Kier alpha value is -2.42. The van der Waals surface area contributed by atoms with Crippen LogP contribution in [-0.2, 0) is 39.7 Å². The lowest BCUT2D eigenvalue weighted by Crippen LogP contribution is -2.52. The number of aliphatic carboxylic acids is 1. The largest absolute Gasteiger partial charge is 0.481 e. The Bertz CT molecular complexity index is 1420. The smallest absolute Gasteiger partial charge is 0.309 e. The number of benzene rings is 2. The molecule has 2 aromatic carbocycles. The van der Waals surface area contributed by atoms with Crippen LogP contribution in [0.5, 0.6) is 0 Å². The van der Waals surface area contributed by atoms with E-state index in [1.54, 1.807) is 0 Å². The average Bonchev–Trinajstić information content (AvgIpc) is 2.96. The molecule has 3 nitrogen and oxygen atoms in total. The summed E-state index contributed by atoms with van der Waals surface area (Å²) in [5, 5.41) is 10.4. The fourth-order valence-electron chi connectivity index (χ4n) is 11.4. The molecule has 0 saturated heterocycles. The van der Waals surface area contributed by atoms with Crippen LogP contribution in [0.25, 0.3) is 0 Å². The topological polar surface area (TPSA) is 54.4 Å². The fourth-order valence-corrected chi connectivity index (χ4v) is 11.4. The van der Waals surface area contributed by atoms with E-state index >= 15 is 0 Å². The summed E-state index contributed by atoms with van der Waals surface area (Å²) in [4.78, 5) is 25.7. The van der Waals surface area contributed by atoms with Crippen molar-refractivity contribution in [1.82, 2.24) is 0 Å². The lowest BCUT2D eigenvalue weighted by atomic mass is 9.48. The molecular weight excluding hydrogens is 552 g/mol. The van der Waals surface area contributed by atoms with Gasteiger partial charge in [0, 0.05) is 5.41 Å². The van der Waals surface area contributed by atoms with Crippen molar-refractivity contribution in [3.05, 3.63) is 68.8 Å². The van der Waals surface area contributed by atoms with Crippen LogP contribution < -0.4 is 0 Å². The van der Waals surface area contributed by atoms with E-state index in [9.17, 15) is 14.7 Å². The van der Waals surface area contributed by atoms with Crippen molar-refractivity contribution in [3.63, 3.8) is 0 Å². The van der Waals surface area contributed by atoms with Gasteiger partial charge in [0.1, 0.15) is 5.78 Å². The fraction of sp³-hybridized carbons (Fsp3) is 0.667. The zero-order valence-corrected chi connectivity index (χ0v) is 29.7. The predicted octanol–water partition coefficient (Wildman–Crippen LogP) is 10.2. The summed E-state index contributed by atoms with van der Waals surface area (Å²) in [7, 11) is 0. The summed E-state index contributed by atoms with van der Waals surface area (Å²) in [6, 6.07) is 10.2. The van der Waals surface area contributed by atoms with Crippen molar-refractivity contribution < 1.29 is 14.7 Å². The number of hydrogen-bond acceptors (Lipinski definition) is 2. The second kappa shape index (κ2) is 11.1. The molecule has 4 aliphatic carbocycles. The van der Waals surface area contributed by atoms with Gasteiger partial charge in [0.05, 0.1) is 5.41 Å². The van der Waals surface area contributed by atoms with Crippen LogP contribution in [0.4, 0.5) is 0 Å². The Kier molecular flexibility index (Phi) is 8.01. The van der Waals surface area contributed by atoms with Crippen molar-refractivity contribution in [2.75, 3.05) is 0 Å². The second-order valence-electron chi connectivity index (χ2n) is 17.3. The predicted molar refractivity (Wildman–Crippen MR) is 184 cm³/mol. The minimum absolute atomic E-state index is 0.0251. The Labute approximate surface area is 273 Å². The zero-order chi connectivity index (χ0) is 32.7. The molecule has 2 fully saturated rings. The average molecular weight is 611 g/mol. The molecule has 244 valence electrons. The molecule has 4 aliphatic rings. The van der Waals surface area contributed by atoms with Gasteiger partial charge in [-0.15, -0.1) is 0 Å². The highest BCUT2D eigenvalue weighted by Crippen LogP contribution is 2.59. The lowest BCUT2D eigenvalue weighted by Gasteiger charge is -2.54. The minimum atomic E-state index is -0.661. The summed E-state index contributed by atoms with van der Waals surface area (Å²) in [6.45, 7) is 20.3. The highest BCUT2D eigenvalue weighted by Gasteiger charge is 2.56. The van der Waals surface area contributed by atoms with E-state index in [0.717, 1.165) is 70.6 Å². The first-order chi connectivity index (χ1) is 21.1. The Balaban J connectivity index is 1.48. The normalized spacial score (nSPS) is 34.1. The van der Waals surface area contributed by atoms with Gasteiger partial charge in [-0.3, -0.25) is 9.59 Å². The molecule has 6 atom stereocenters. The van der Waals surface area contributed by atoms with E-state index in [4.69, 9.17) is 0 Å². The summed E-state index contributed by atoms with van der Waals surface area (Å²) in [6.07, 6.45) is 11.1. The molecule has 1 N–H and O–H groups in total. The Morgan fingerprint density at radius 2 is 1.13 bits per heavy atom. The number of fused-ring (bicyclic) bond motifs is 6. The molecule has 2 saturated carbocycles. The van der Waals surface area contributed by atoms with Gasteiger partial charge in [-0.2, -0.15) is 0 Å². The Morgan fingerprint density at radius 1 is 0.711 bits per heavy atom. The van der Waals surface area contributed by atoms with Gasteiger partial charge in [0.2, 0.25) is 0 Å². The monoisotopic (exact) mass is 610 g/mol. The van der Waals surface area contributed by atoms with E-state index in [0.29, 0.717) is 23.5 Å². The molecule has 0 heterocycles. The van der Waals surface area contributed by atoms with Crippen LogP contribution in [0.2, 0.25) is 0 Å². The van der Waals surface area contributed by atoms with Crippen molar-refractivity contribution >= 4 is 11.8 Å². The zero-order valence-electron chi connectivity index (χ0n) is 29.7. The maximum Gasteiger partial charge on any atom is 0.309 e. The van der Waals surface area contributed by atoms with Gasteiger partial charge in [0.15, 0.2) is 0 Å². The summed E-state index contributed by atoms with van der Waals surface area (Å²) < 4.78 is 0. The molecule has 0 spiro atoms. The first-order valence-electron chi connectivity index (χ1n) is 18.1. The molecule has 0 aliphatic heterocycles. The maximum absolute atomic E-state index is 13.1. The van der Waals surface area contributed by atoms with Crippen LogP contribution in [0.1, 0.15) is 170 Å². The molecule has 0 bridgehead atoms. The van der Waals surface area contributed by atoms with Gasteiger partial charge in [0.25, 0.3) is 0 Å². The van der Waals surface area contributed by atoms with Crippen molar-refractivity contribution in [2.45, 2.75) is 156 Å². The van der Waals surface area contributed by atoms with Crippen LogP contribution in [0.3, 0.4) is 0 Å². The van der Waals surface area contributed by atoms with Gasteiger partial charge in [-0.25, -0.2) is 0 Å². The highest BCUT2D eigenvalue weighted by atomic mass is 16.4. The third-order valence-corrected chi connectivity index (χ3v) is 14.1. The molecule has 0 amide bonds. The van der Waals surface area contributed by atoms with E-state index < -0.39 is 11.4 Å². The van der Waals surface area contributed by atoms with Crippen molar-refractivity contribution in [1.29, 1.82) is 0 Å². The number of Topliss-reactive ketones (excluding diaryl/α,β-unsaturated/α-hetero) is 1. The molecule has 45 heavy (non-hydrogen) atoms. The second-order valence-corrected chi connectivity index (χ2v) is 17.3. The van der Waals surface area contributed by atoms with Crippen molar-refractivity contribution in [2.24, 2.45) is 22.7 Å². The Morgan fingerprint density at radius 3 is 1.53 bits per heavy atom. The minimum Gasteiger partial charge on any atom is -0.481 e. The molecule has 2 aromatic rings. The molecule has 6 rings (SSSR count). The van der Waals surface area contributed by atoms with E-state index in [2.05, 4.69) is 72.7 Å². The van der Waals surface area contributed by atoms with Gasteiger partial charge < -0.3 is 5.11 Å². The van der Waals surface area contributed by atoms with Gasteiger partial charge in [-0.1, -0.05) is 85.6 Å². The molecular formula is C42H58O3. The summed E-state index contributed by atoms with van der Waals surface area (Å²) in [5.74, 6) is 1.15. The van der Waals surface area contributed by atoms with Gasteiger partial charge in [-0.05, 0) is 151 Å². The number of carbonyl (C=O) groups excluding carboxylic acids is 1. The molecule has 0 radical (unpaired) electrons. The number of rotatable bonds is 6. The van der Waals surface area contributed by atoms with E-state index in [1.807, 2.05) is 13.8 Å². The van der Waals surface area contributed by atoms with Crippen LogP contribution in [0.15, 0.2) is 24.3 Å². The first-order valence-corrected chi connectivity index (χ1v) is 18.1. The number of carbonyl (C=O) groups is 2. The number of carboxylic acids is 1. The van der Waals surface area contributed by atoms with E-state index in [1.165, 1.54) is 44.5 Å². The molecule has 0 aromatic heterocycles. The number of ketones is 1. The van der Waals surface area contributed by atoms with Crippen LogP contribution in [0, 0.1) is 22.7 Å². The number of carboxylic acid groups (broad SMARTS) is 1.